The van der Waals surface area contributed by atoms with E-state index in [0.717, 1.165) is 25.0 Å². The summed E-state index contributed by atoms with van der Waals surface area (Å²) < 4.78 is 13.0. The van der Waals surface area contributed by atoms with E-state index < -0.39 is 6.10 Å². The summed E-state index contributed by atoms with van der Waals surface area (Å²) in [7, 11) is 0. The number of aryl methyl sites for hydroxylation is 1. The highest BCUT2D eigenvalue weighted by Gasteiger charge is 2.08. The summed E-state index contributed by atoms with van der Waals surface area (Å²) in [5.41, 5.74) is 4.29. The third kappa shape index (κ3) is 5.10. The normalized spacial score (nSPS) is 12.9. The zero-order valence-electron chi connectivity index (χ0n) is 16.3. The second-order valence-corrected chi connectivity index (χ2v) is 6.83. The fourth-order valence-electron chi connectivity index (χ4n) is 3.13. The first-order chi connectivity index (χ1) is 13.6. The molecule has 0 spiro atoms. The molecule has 1 atom stereocenters. The number of benzene rings is 2. The molecule has 5 nitrogen and oxygen atoms in total. The second-order valence-electron chi connectivity index (χ2n) is 6.83. The molecule has 0 aliphatic heterocycles. The molecular weight excluding hydrogens is 355 g/mol. The van der Waals surface area contributed by atoms with Gasteiger partial charge in [0.2, 0.25) is 0 Å². The number of hydrogen-bond acceptors (Lipinski definition) is 2. The van der Waals surface area contributed by atoms with Crippen LogP contribution < -0.4 is 10.6 Å². The molecule has 4 N–H and O–H groups in total. The van der Waals surface area contributed by atoms with Gasteiger partial charge in [-0.2, -0.15) is 0 Å². The third-order valence-corrected chi connectivity index (χ3v) is 4.63. The summed E-state index contributed by atoms with van der Waals surface area (Å²) in [4.78, 5) is 7.77. The number of nitrogens with zero attached hydrogens (tertiary/aromatic N) is 1. The minimum atomic E-state index is -0.770. The summed E-state index contributed by atoms with van der Waals surface area (Å²) in [6.45, 7) is 5.73. The number of aliphatic imine (C=N–C) groups is 1. The van der Waals surface area contributed by atoms with Crippen molar-refractivity contribution < 1.29 is 9.50 Å². The predicted molar refractivity (Wildman–Crippen MR) is 112 cm³/mol. The molecule has 1 aromatic heterocycles. The van der Waals surface area contributed by atoms with E-state index in [1.165, 1.54) is 28.6 Å². The lowest BCUT2D eigenvalue weighted by Crippen LogP contribution is -2.38. The molecule has 0 aliphatic carbocycles. The molecular formula is C22H27FN4O. The van der Waals surface area contributed by atoms with Gasteiger partial charge in [0.15, 0.2) is 5.96 Å². The number of nitrogens with one attached hydrogen (secondary N) is 3. The summed E-state index contributed by atoms with van der Waals surface area (Å²) in [6.07, 6.45) is 2.13. The van der Waals surface area contributed by atoms with Gasteiger partial charge in [0.05, 0.1) is 12.6 Å². The number of H-pyrrole nitrogens is 1. The lowest BCUT2D eigenvalue weighted by molar-refractivity contribution is 0.187. The van der Waals surface area contributed by atoms with Gasteiger partial charge in [-0.1, -0.05) is 24.3 Å². The van der Waals surface area contributed by atoms with Gasteiger partial charge < -0.3 is 20.7 Å². The fourth-order valence-corrected chi connectivity index (χ4v) is 3.13. The van der Waals surface area contributed by atoms with E-state index in [0.29, 0.717) is 11.5 Å². The van der Waals surface area contributed by atoms with Crippen molar-refractivity contribution in [3.63, 3.8) is 0 Å². The van der Waals surface area contributed by atoms with Gasteiger partial charge in [0, 0.05) is 30.2 Å². The number of aliphatic hydroxyl groups excluding tert-OH is 1. The number of aromatic nitrogens is 1. The van der Waals surface area contributed by atoms with Crippen LogP contribution in [0.15, 0.2) is 53.7 Å². The molecule has 1 unspecified atom stereocenters. The van der Waals surface area contributed by atoms with E-state index in [1.807, 2.05) is 13.1 Å². The van der Waals surface area contributed by atoms with E-state index in [1.54, 1.807) is 12.1 Å². The smallest absolute Gasteiger partial charge is 0.191 e. The van der Waals surface area contributed by atoms with Crippen molar-refractivity contribution in [2.75, 3.05) is 19.6 Å². The second kappa shape index (κ2) is 9.37. The fraction of sp³-hybridized carbons (Fsp3) is 0.318. The molecule has 1 heterocycles. The Morgan fingerprint density at radius 2 is 1.96 bits per heavy atom. The van der Waals surface area contributed by atoms with Crippen molar-refractivity contribution in [2.24, 2.45) is 4.99 Å². The number of aromatic amines is 1. The highest BCUT2D eigenvalue weighted by molar-refractivity contribution is 5.84. The first kappa shape index (κ1) is 19.9. The molecule has 2 aromatic carbocycles. The van der Waals surface area contributed by atoms with Crippen molar-refractivity contribution in [2.45, 2.75) is 26.4 Å². The quantitative estimate of drug-likeness (QED) is 0.374. The van der Waals surface area contributed by atoms with Gasteiger partial charge in [-0.25, -0.2) is 4.39 Å². The zero-order valence-corrected chi connectivity index (χ0v) is 16.3. The maximum absolute atomic E-state index is 13.0. The van der Waals surface area contributed by atoms with Crippen LogP contribution in [0.4, 0.5) is 4.39 Å². The topological polar surface area (TPSA) is 72.4 Å². The van der Waals surface area contributed by atoms with E-state index in [2.05, 4.69) is 45.7 Å². The van der Waals surface area contributed by atoms with Crippen LogP contribution in [0.1, 0.15) is 29.7 Å². The lowest BCUT2D eigenvalue weighted by atomic mass is 10.1. The molecule has 28 heavy (non-hydrogen) atoms. The largest absolute Gasteiger partial charge is 0.386 e. The van der Waals surface area contributed by atoms with Crippen LogP contribution >= 0.6 is 0 Å². The van der Waals surface area contributed by atoms with Crippen LogP contribution in [-0.4, -0.2) is 35.7 Å². The molecule has 0 fully saturated rings. The Morgan fingerprint density at radius 3 is 2.71 bits per heavy atom. The molecule has 0 saturated carbocycles. The molecule has 0 amide bonds. The number of fused-ring (bicyclic) bond motifs is 1. The maximum Gasteiger partial charge on any atom is 0.191 e. The van der Waals surface area contributed by atoms with Crippen molar-refractivity contribution in [1.82, 2.24) is 15.6 Å². The highest BCUT2D eigenvalue weighted by atomic mass is 19.1. The van der Waals surface area contributed by atoms with Crippen LogP contribution in [-0.2, 0) is 6.42 Å². The highest BCUT2D eigenvalue weighted by Crippen LogP contribution is 2.19. The standard InChI is InChI=1S/C22H27FN4O/c1-3-24-22(27-14-21(28)16-5-7-18(23)8-6-16)25-11-10-17-13-26-20-12-15(2)4-9-19(17)20/h4-9,12-13,21,26,28H,3,10-11,14H2,1-2H3,(H2,24,25,27). The van der Waals surface area contributed by atoms with Crippen molar-refractivity contribution >= 4 is 16.9 Å². The maximum atomic E-state index is 13.0. The van der Waals surface area contributed by atoms with Crippen molar-refractivity contribution in [3.8, 4) is 0 Å². The zero-order chi connectivity index (χ0) is 19.9. The minimum Gasteiger partial charge on any atom is -0.386 e. The van der Waals surface area contributed by atoms with Gasteiger partial charge in [-0.3, -0.25) is 4.99 Å². The number of aliphatic hydroxyl groups is 1. The number of guanidine groups is 1. The average Bonchev–Trinajstić information content (AvgIpc) is 3.08. The molecule has 3 aromatic rings. The Balaban J connectivity index is 1.57. The van der Waals surface area contributed by atoms with Gasteiger partial charge in [-0.05, 0) is 55.2 Å². The predicted octanol–water partition coefficient (Wildman–Crippen LogP) is 3.45. The van der Waals surface area contributed by atoms with Crippen LogP contribution in [0.2, 0.25) is 0 Å². The average molecular weight is 382 g/mol. The van der Waals surface area contributed by atoms with Crippen LogP contribution in [0.5, 0.6) is 0 Å². The molecule has 0 bridgehead atoms. The molecule has 3 rings (SSSR count). The first-order valence-corrected chi connectivity index (χ1v) is 9.59. The Bertz CT molecular complexity index is 933. The Labute approximate surface area is 164 Å². The van der Waals surface area contributed by atoms with E-state index in [9.17, 15) is 9.50 Å². The van der Waals surface area contributed by atoms with Crippen LogP contribution in [0.25, 0.3) is 10.9 Å². The van der Waals surface area contributed by atoms with E-state index in [-0.39, 0.29) is 12.4 Å². The van der Waals surface area contributed by atoms with E-state index >= 15 is 0 Å². The lowest BCUT2D eigenvalue weighted by Gasteiger charge is -2.13. The molecule has 0 aliphatic rings. The van der Waals surface area contributed by atoms with Gasteiger partial charge in [0.1, 0.15) is 5.82 Å². The minimum absolute atomic E-state index is 0.202. The Hall–Kier alpha value is -2.86. The van der Waals surface area contributed by atoms with Gasteiger partial charge in [-0.15, -0.1) is 0 Å². The Kier molecular flexibility index (Phi) is 6.66. The molecule has 0 saturated heterocycles. The SMILES string of the molecule is CCNC(=NCC(O)c1ccc(F)cc1)NCCc1c[nH]c2cc(C)ccc12. The summed E-state index contributed by atoms with van der Waals surface area (Å²) in [5, 5.41) is 18.0. The van der Waals surface area contributed by atoms with Gasteiger partial charge >= 0.3 is 0 Å². The van der Waals surface area contributed by atoms with Crippen molar-refractivity contribution in [1.29, 1.82) is 0 Å². The van der Waals surface area contributed by atoms with E-state index in [4.69, 9.17) is 0 Å². The number of rotatable bonds is 7. The molecule has 148 valence electrons. The number of halogens is 1. The summed E-state index contributed by atoms with van der Waals surface area (Å²) in [6, 6.07) is 12.3. The molecule has 6 heteroatoms. The van der Waals surface area contributed by atoms with Crippen LogP contribution in [0, 0.1) is 12.7 Å². The van der Waals surface area contributed by atoms with Crippen LogP contribution in [0.3, 0.4) is 0 Å². The summed E-state index contributed by atoms with van der Waals surface area (Å²) in [5.74, 6) is 0.334. The number of hydrogen-bond donors (Lipinski definition) is 4. The first-order valence-electron chi connectivity index (χ1n) is 9.59. The monoisotopic (exact) mass is 382 g/mol. The Morgan fingerprint density at radius 1 is 1.18 bits per heavy atom. The van der Waals surface area contributed by atoms with Gasteiger partial charge in [0.25, 0.3) is 0 Å². The van der Waals surface area contributed by atoms with Crippen molar-refractivity contribution in [3.05, 3.63) is 71.2 Å². The third-order valence-electron chi connectivity index (χ3n) is 4.63. The molecule has 0 radical (unpaired) electrons. The summed E-state index contributed by atoms with van der Waals surface area (Å²) >= 11 is 0.